The Morgan fingerprint density at radius 3 is 2.19 bits per heavy atom. The molecule has 0 radical (unpaired) electrons. The number of rotatable bonds is 7. The quantitative estimate of drug-likeness (QED) is 0.175. The largest absolute Gasteiger partial charge is 0.456 e. The molecule has 6 rings (SSSR count). The molecule has 1 amide bonds. The number of aliphatic hydroxyl groups is 5. The van der Waals surface area contributed by atoms with Gasteiger partial charge < -0.3 is 45.1 Å². The molecule has 3 saturated carbocycles. The van der Waals surface area contributed by atoms with E-state index in [9.17, 15) is 44.7 Å². The van der Waals surface area contributed by atoms with Gasteiger partial charge in [-0.05, 0) is 55.9 Å². The van der Waals surface area contributed by atoms with Gasteiger partial charge in [-0.1, -0.05) is 72.1 Å². The van der Waals surface area contributed by atoms with E-state index in [1.54, 1.807) is 59.7 Å². The van der Waals surface area contributed by atoms with Crippen molar-refractivity contribution in [3.05, 3.63) is 47.0 Å². The highest BCUT2D eigenvalue weighted by molar-refractivity contribution is 5.94. The van der Waals surface area contributed by atoms with Crippen LogP contribution in [0.1, 0.15) is 104 Å². The summed E-state index contributed by atoms with van der Waals surface area (Å²) < 4.78 is 17.9. The average molecular weight is 756 g/mol. The molecule has 4 aliphatic carbocycles. The van der Waals surface area contributed by atoms with Gasteiger partial charge in [-0.2, -0.15) is 0 Å². The lowest BCUT2D eigenvalue weighted by Gasteiger charge is -2.66. The second-order valence-electron chi connectivity index (χ2n) is 18.1. The Hall–Kier alpha value is -3.20. The predicted molar refractivity (Wildman–Crippen MR) is 193 cm³/mol. The topological polar surface area (TPSA) is 209 Å². The number of amides is 1. The Labute approximate surface area is 316 Å². The third kappa shape index (κ3) is 6.32. The molecule has 13 heteroatoms. The third-order valence-electron chi connectivity index (χ3n) is 13.6. The summed E-state index contributed by atoms with van der Waals surface area (Å²) in [5, 5.41) is 63.7. The van der Waals surface area contributed by atoms with Crippen molar-refractivity contribution in [3.8, 4) is 0 Å². The van der Waals surface area contributed by atoms with E-state index in [4.69, 9.17) is 14.2 Å². The number of carbonyl (C=O) groups is 4. The number of ether oxygens (including phenoxy) is 3. The zero-order valence-corrected chi connectivity index (χ0v) is 32.3. The smallest absolute Gasteiger partial charge is 0.338 e. The van der Waals surface area contributed by atoms with E-state index in [0.717, 1.165) is 19.3 Å². The molecule has 1 aliphatic heterocycles. The van der Waals surface area contributed by atoms with Crippen molar-refractivity contribution in [1.29, 1.82) is 0 Å². The number of esters is 2. The van der Waals surface area contributed by atoms with Crippen molar-refractivity contribution in [2.45, 2.75) is 147 Å². The van der Waals surface area contributed by atoms with Crippen LogP contribution in [-0.2, 0) is 28.6 Å². The number of carbonyl (C=O) groups excluding carboxylic acids is 4. The molecule has 11 atom stereocenters. The molecule has 1 aromatic carbocycles. The van der Waals surface area contributed by atoms with E-state index >= 15 is 0 Å². The fourth-order valence-electron chi connectivity index (χ4n) is 10.0. The van der Waals surface area contributed by atoms with E-state index in [2.05, 4.69) is 5.32 Å². The Morgan fingerprint density at radius 1 is 0.981 bits per heavy atom. The van der Waals surface area contributed by atoms with Crippen LogP contribution < -0.4 is 5.32 Å². The van der Waals surface area contributed by atoms with Gasteiger partial charge in [-0.3, -0.25) is 9.59 Å². The summed E-state index contributed by atoms with van der Waals surface area (Å²) in [5.74, 6) is -4.86. The first-order valence-electron chi connectivity index (χ1n) is 19.2. The minimum atomic E-state index is -2.26. The molecular weight excluding hydrogens is 698 g/mol. The Morgan fingerprint density at radius 2 is 1.61 bits per heavy atom. The number of hydrogen-bond donors (Lipinski definition) is 6. The van der Waals surface area contributed by atoms with Crippen molar-refractivity contribution < 1.29 is 58.9 Å². The van der Waals surface area contributed by atoms with Crippen LogP contribution in [0.2, 0.25) is 0 Å². The molecule has 1 heterocycles. The molecule has 1 saturated heterocycles. The van der Waals surface area contributed by atoms with Crippen molar-refractivity contribution in [1.82, 2.24) is 5.32 Å². The molecule has 54 heavy (non-hydrogen) atoms. The summed E-state index contributed by atoms with van der Waals surface area (Å²) >= 11 is 0. The van der Waals surface area contributed by atoms with E-state index in [1.165, 1.54) is 19.1 Å². The maximum Gasteiger partial charge on any atom is 0.338 e. The number of hydrogen-bond acceptors (Lipinski definition) is 12. The first kappa shape index (κ1) is 40.5. The predicted octanol–water partition coefficient (Wildman–Crippen LogP) is 2.53. The molecule has 4 fully saturated rings. The molecule has 5 aliphatic rings. The zero-order valence-electron chi connectivity index (χ0n) is 32.3. The van der Waals surface area contributed by atoms with Crippen LogP contribution >= 0.6 is 0 Å². The van der Waals surface area contributed by atoms with Crippen LogP contribution in [0.4, 0.5) is 0 Å². The highest BCUT2D eigenvalue weighted by atomic mass is 16.6. The molecule has 2 bridgehead atoms. The summed E-state index contributed by atoms with van der Waals surface area (Å²) in [5.41, 5.74) is -8.07. The van der Waals surface area contributed by atoms with Crippen LogP contribution in [0.25, 0.3) is 0 Å². The van der Waals surface area contributed by atoms with E-state index in [0.29, 0.717) is 12.8 Å². The Balaban J connectivity index is 1.45. The van der Waals surface area contributed by atoms with Crippen LogP contribution in [0, 0.1) is 28.1 Å². The summed E-state index contributed by atoms with van der Waals surface area (Å²) in [7, 11) is 0. The summed E-state index contributed by atoms with van der Waals surface area (Å²) in [6, 6.07) is 7.02. The maximum atomic E-state index is 14.7. The van der Waals surface area contributed by atoms with Gasteiger partial charge in [0.15, 0.2) is 11.9 Å². The molecule has 9 unspecified atom stereocenters. The minimum absolute atomic E-state index is 0.00464. The molecule has 298 valence electrons. The van der Waals surface area contributed by atoms with Gasteiger partial charge >= 0.3 is 11.9 Å². The van der Waals surface area contributed by atoms with Crippen molar-refractivity contribution in [2.24, 2.45) is 28.1 Å². The average Bonchev–Trinajstić information content (AvgIpc) is 3.12. The van der Waals surface area contributed by atoms with Crippen molar-refractivity contribution in [3.63, 3.8) is 0 Å². The first-order chi connectivity index (χ1) is 25.1. The number of benzene rings is 1. The highest BCUT2D eigenvalue weighted by Crippen LogP contribution is 2.63. The lowest BCUT2D eigenvalue weighted by atomic mass is 9.44. The van der Waals surface area contributed by atoms with Gasteiger partial charge in [0.05, 0.1) is 35.8 Å². The first-order valence-corrected chi connectivity index (χ1v) is 19.2. The molecule has 0 spiro atoms. The number of ketones is 1. The Bertz CT molecular complexity index is 1680. The number of nitrogens with one attached hydrogen (secondary N) is 1. The number of fused-ring (bicyclic) bond motifs is 5. The lowest BCUT2D eigenvalue weighted by molar-refractivity contribution is -0.343. The van der Waals surface area contributed by atoms with Crippen molar-refractivity contribution >= 4 is 23.6 Å². The van der Waals surface area contributed by atoms with Crippen LogP contribution in [0.3, 0.4) is 0 Å². The lowest BCUT2D eigenvalue weighted by Crippen LogP contribution is -2.81. The summed E-state index contributed by atoms with van der Waals surface area (Å²) in [4.78, 5) is 55.9. The zero-order chi connectivity index (χ0) is 39.8. The summed E-state index contributed by atoms with van der Waals surface area (Å²) in [6.07, 6.45) is -5.73. The maximum absolute atomic E-state index is 14.7. The van der Waals surface area contributed by atoms with E-state index in [1.807, 2.05) is 0 Å². The second kappa shape index (κ2) is 14.1. The molecule has 13 nitrogen and oxygen atoms in total. The Kier molecular flexibility index (Phi) is 10.5. The molecule has 6 N–H and O–H groups in total. The van der Waals surface area contributed by atoms with Crippen LogP contribution in [0.15, 0.2) is 41.5 Å². The molecular formula is C41H57NO12. The number of aliphatic hydroxyl groups excluding tert-OH is 3. The second-order valence-corrected chi connectivity index (χ2v) is 18.1. The highest BCUT2D eigenvalue weighted by Gasteiger charge is 2.76. The molecule has 0 aromatic heterocycles. The van der Waals surface area contributed by atoms with Gasteiger partial charge in [0, 0.05) is 29.6 Å². The molecule has 1 aromatic rings. The monoisotopic (exact) mass is 755 g/mol. The number of Topliss-reactive ketones (excluding diaryl/α,β-unsaturated/α-hetero) is 1. The van der Waals surface area contributed by atoms with Gasteiger partial charge in [0.25, 0.3) is 0 Å². The van der Waals surface area contributed by atoms with E-state index in [-0.39, 0.29) is 41.6 Å². The SMILES string of the molecule is CC1=C2C(O)C(=O)[C@]3(C)C(O)CC4OC[C@@]4(O)C3C(OC(=O)c3ccccc3)C(O)(CC1OC(=O)C(O)C(NC(=O)C(C)(C)C)C1CCCCC1)C2(C)C. The van der Waals surface area contributed by atoms with Crippen LogP contribution in [-0.4, -0.2) is 110 Å². The van der Waals surface area contributed by atoms with E-state index < -0.39 is 100 Å². The third-order valence-corrected chi connectivity index (χ3v) is 13.6. The van der Waals surface area contributed by atoms with Gasteiger partial charge in [-0.25, -0.2) is 9.59 Å². The fourth-order valence-corrected chi connectivity index (χ4v) is 10.0. The normalized spacial score (nSPS) is 37.7. The standard InChI is InChI=1S/C41H57NO12/c1-21-24(53-35(48)30(45)28(22-14-10-8-11-15-22)42-36(49)37(2,3)4)19-41(51)33(54-34(47)23-16-12-9-13-17-23)31-39(7,25(43)18-26-40(31,50)20-52-26)32(46)29(44)27(21)38(41,5)6/h9,12-13,16-17,22,24-26,28-31,33,43-45,50-51H,8,10-11,14-15,18-20H2,1-7H3,(H,42,49)/t24?,25?,26?,28?,29?,30?,31?,33?,39-,40+,41?/m1/s1. The summed E-state index contributed by atoms with van der Waals surface area (Å²) in [6.45, 7) is 11.0. The van der Waals surface area contributed by atoms with Gasteiger partial charge in [0.2, 0.25) is 5.91 Å². The van der Waals surface area contributed by atoms with Crippen LogP contribution in [0.5, 0.6) is 0 Å². The minimum Gasteiger partial charge on any atom is -0.456 e. The van der Waals surface area contributed by atoms with Gasteiger partial charge in [-0.15, -0.1) is 0 Å². The fraction of sp³-hybridized carbons (Fsp3) is 0.707. The van der Waals surface area contributed by atoms with Gasteiger partial charge in [0.1, 0.15) is 29.5 Å². The van der Waals surface area contributed by atoms with Crippen molar-refractivity contribution in [2.75, 3.05) is 6.61 Å².